The van der Waals surface area contributed by atoms with Crippen LogP contribution in [-0.2, 0) is 6.54 Å². The number of nitrogens with zero attached hydrogens (tertiary/aromatic N) is 3. The molecule has 1 heterocycles. The Bertz CT molecular complexity index is 474. The Morgan fingerprint density at radius 3 is 3.00 bits per heavy atom. The fourth-order valence-corrected chi connectivity index (χ4v) is 1.60. The molecule has 2 aromatic rings. The maximum atomic E-state index is 6.07. The number of aromatic amines is 1. The lowest BCUT2D eigenvalue weighted by Gasteiger charge is -2.07. The predicted molar refractivity (Wildman–Crippen MR) is 64.1 cm³/mol. The summed E-state index contributed by atoms with van der Waals surface area (Å²) in [6, 6.07) is 5.63. The minimum atomic E-state index is 0.454. The number of rotatable bonds is 5. The van der Waals surface area contributed by atoms with Crippen molar-refractivity contribution in [1.29, 1.82) is 0 Å². The van der Waals surface area contributed by atoms with Crippen LogP contribution in [0.2, 0.25) is 5.02 Å². The Kier molecular flexibility index (Phi) is 3.77. The second-order valence-electron chi connectivity index (χ2n) is 3.29. The van der Waals surface area contributed by atoms with Gasteiger partial charge in [-0.3, -0.25) is 0 Å². The number of anilines is 1. The minimum absolute atomic E-state index is 0.454. The lowest BCUT2D eigenvalue weighted by Crippen LogP contribution is -2.01. The van der Waals surface area contributed by atoms with Gasteiger partial charge in [-0.15, -0.1) is 5.10 Å². The highest BCUT2D eigenvalue weighted by molar-refractivity contribution is 6.32. The second kappa shape index (κ2) is 5.49. The van der Waals surface area contributed by atoms with Crippen molar-refractivity contribution in [1.82, 2.24) is 20.6 Å². The molecule has 0 amide bonds. The van der Waals surface area contributed by atoms with Crippen LogP contribution in [0.4, 0.5) is 5.95 Å². The van der Waals surface area contributed by atoms with E-state index in [1.165, 1.54) is 0 Å². The maximum Gasteiger partial charge on any atom is 0.263 e. The first kappa shape index (κ1) is 11.7. The monoisotopic (exact) mass is 253 g/mol. The van der Waals surface area contributed by atoms with Crippen molar-refractivity contribution in [2.45, 2.75) is 13.5 Å². The van der Waals surface area contributed by atoms with Crippen LogP contribution in [0.25, 0.3) is 0 Å². The zero-order valence-corrected chi connectivity index (χ0v) is 10.0. The van der Waals surface area contributed by atoms with Gasteiger partial charge in [0.15, 0.2) is 0 Å². The van der Waals surface area contributed by atoms with Crippen LogP contribution in [0.1, 0.15) is 12.5 Å². The highest BCUT2D eigenvalue weighted by Crippen LogP contribution is 2.25. The molecule has 0 unspecified atom stereocenters. The number of benzene rings is 1. The Morgan fingerprint density at radius 1 is 1.47 bits per heavy atom. The molecular formula is C10H12ClN5O. The van der Waals surface area contributed by atoms with E-state index in [2.05, 4.69) is 25.9 Å². The topological polar surface area (TPSA) is 75.7 Å². The van der Waals surface area contributed by atoms with Crippen molar-refractivity contribution in [2.75, 3.05) is 11.9 Å². The SMILES string of the molecule is CCOc1ccc(CNc2nn[nH]n2)cc1Cl. The summed E-state index contributed by atoms with van der Waals surface area (Å²) < 4.78 is 5.35. The van der Waals surface area contributed by atoms with Gasteiger partial charge >= 0.3 is 0 Å². The highest BCUT2D eigenvalue weighted by Gasteiger charge is 2.03. The third-order valence-electron chi connectivity index (χ3n) is 2.09. The van der Waals surface area contributed by atoms with Crippen molar-refractivity contribution < 1.29 is 4.74 Å². The van der Waals surface area contributed by atoms with Crippen LogP contribution in [0.5, 0.6) is 5.75 Å². The summed E-state index contributed by atoms with van der Waals surface area (Å²) in [5.41, 5.74) is 1.02. The normalized spacial score (nSPS) is 10.2. The van der Waals surface area contributed by atoms with Crippen molar-refractivity contribution in [3.05, 3.63) is 28.8 Å². The van der Waals surface area contributed by atoms with Gasteiger partial charge in [0.1, 0.15) is 5.75 Å². The van der Waals surface area contributed by atoms with Gasteiger partial charge < -0.3 is 10.1 Å². The fourth-order valence-electron chi connectivity index (χ4n) is 1.34. The van der Waals surface area contributed by atoms with Crippen molar-refractivity contribution in [3.8, 4) is 5.75 Å². The average Bonchev–Trinajstić information content (AvgIpc) is 2.83. The molecule has 17 heavy (non-hydrogen) atoms. The van der Waals surface area contributed by atoms with Crippen LogP contribution < -0.4 is 10.1 Å². The van der Waals surface area contributed by atoms with Gasteiger partial charge in [0.25, 0.3) is 5.95 Å². The van der Waals surface area contributed by atoms with E-state index in [9.17, 15) is 0 Å². The standard InChI is InChI=1S/C10H12ClN5O/c1-2-17-9-4-3-7(5-8(9)11)6-12-10-13-15-16-14-10/h3-5H,2,6H2,1H3,(H2,12,13,14,15,16). The smallest absolute Gasteiger partial charge is 0.263 e. The third kappa shape index (κ3) is 3.07. The minimum Gasteiger partial charge on any atom is -0.492 e. The molecule has 7 heteroatoms. The van der Waals surface area contributed by atoms with Gasteiger partial charge in [-0.1, -0.05) is 22.8 Å². The molecule has 0 fully saturated rings. The van der Waals surface area contributed by atoms with Gasteiger partial charge in [-0.05, 0) is 29.8 Å². The van der Waals surface area contributed by atoms with E-state index in [0.717, 1.165) is 5.56 Å². The molecule has 1 aromatic heterocycles. The first-order valence-corrected chi connectivity index (χ1v) is 5.56. The molecule has 90 valence electrons. The van der Waals surface area contributed by atoms with Crippen LogP contribution in [0, 0.1) is 0 Å². The van der Waals surface area contributed by atoms with E-state index >= 15 is 0 Å². The molecule has 0 aliphatic carbocycles. The molecular weight excluding hydrogens is 242 g/mol. The summed E-state index contributed by atoms with van der Waals surface area (Å²) in [5.74, 6) is 1.15. The van der Waals surface area contributed by atoms with Crippen molar-refractivity contribution in [2.24, 2.45) is 0 Å². The summed E-state index contributed by atoms with van der Waals surface area (Å²) in [7, 11) is 0. The number of ether oxygens (including phenoxy) is 1. The summed E-state index contributed by atoms with van der Waals surface area (Å²) in [4.78, 5) is 0. The first-order chi connectivity index (χ1) is 8.29. The third-order valence-corrected chi connectivity index (χ3v) is 2.39. The zero-order valence-electron chi connectivity index (χ0n) is 9.27. The molecule has 0 saturated carbocycles. The average molecular weight is 254 g/mol. The molecule has 0 atom stereocenters. The molecule has 1 aromatic carbocycles. The first-order valence-electron chi connectivity index (χ1n) is 5.18. The Hall–Kier alpha value is -1.82. The fraction of sp³-hybridized carbons (Fsp3) is 0.300. The van der Waals surface area contributed by atoms with Gasteiger partial charge in [-0.2, -0.15) is 5.21 Å². The van der Waals surface area contributed by atoms with E-state index in [-0.39, 0.29) is 0 Å². The molecule has 6 nitrogen and oxygen atoms in total. The Morgan fingerprint density at radius 2 is 2.35 bits per heavy atom. The summed E-state index contributed by atoms with van der Waals surface area (Å²) >= 11 is 6.07. The van der Waals surface area contributed by atoms with E-state index in [1.807, 2.05) is 25.1 Å². The molecule has 0 spiro atoms. The van der Waals surface area contributed by atoms with Gasteiger partial charge in [0, 0.05) is 6.54 Å². The Balaban J connectivity index is 2.00. The zero-order chi connectivity index (χ0) is 12.1. The number of hydrogen-bond donors (Lipinski definition) is 2. The number of H-pyrrole nitrogens is 1. The van der Waals surface area contributed by atoms with E-state index in [1.54, 1.807) is 0 Å². The van der Waals surface area contributed by atoms with Crippen LogP contribution >= 0.6 is 11.6 Å². The summed E-state index contributed by atoms with van der Waals surface area (Å²) in [6.07, 6.45) is 0. The molecule has 0 saturated heterocycles. The van der Waals surface area contributed by atoms with Gasteiger partial charge in [0.2, 0.25) is 0 Å². The Labute approximate surface area is 103 Å². The van der Waals surface area contributed by atoms with Crippen LogP contribution in [0.15, 0.2) is 18.2 Å². The lowest BCUT2D eigenvalue weighted by molar-refractivity contribution is 0.340. The van der Waals surface area contributed by atoms with Crippen LogP contribution in [-0.4, -0.2) is 27.2 Å². The molecule has 2 N–H and O–H groups in total. The number of hydrogen-bond acceptors (Lipinski definition) is 5. The van der Waals surface area contributed by atoms with E-state index in [0.29, 0.717) is 29.9 Å². The van der Waals surface area contributed by atoms with Crippen LogP contribution in [0.3, 0.4) is 0 Å². The van der Waals surface area contributed by atoms with Crippen molar-refractivity contribution in [3.63, 3.8) is 0 Å². The summed E-state index contributed by atoms with van der Waals surface area (Å²) in [5, 5.41) is 17.0. The van der Waals surface area contributed by atoms with Gasteiger partial charge in [0.05, 0.1) is 11.6 Å². The predicted octanol–water partition coefficient (Wildman–Crippen LogP) is 1.86. The second-order valence-corrected chi connectivity index (χ2v) is 3.69. The maximum absolute atomic E-state index is 6.07. The quantitative estimate of drug-likeness (QED) is 0.851. The van der Waals surface area contributed by atoms with E-state index in [4.69, 9.17) is 16.3 Å². The van der Waals surface area contributed by atoms with E-state index < -0.39 is 0 Å². The number of nitrogens with one attached hydrogen (secondary N) is 2. The molecule has 0 aliphatic rings. The lowest BCUT2D eigenvalue weighted by atomic mass is 10.2. The summed E-state index contributed by atoms with van der Waals surface area (Å²) in [6.45, 7) is 3.09. The molecule has 2 rings (SSSR count). The number of halogens is 1. The molecule has 0 bridgehead atoms. The van der Waals surface area contributed by atoms with Crippen molar-refractivity contribution >= 4 is 17.5 Å². The molecule has 0 aliphatic heterocycles. The van der Waals surface area contributed by atoms with Gasteiger partial charge in [-0.25, -0.2) is 0 Å². The number of aromatic nitrogens is 4. The number of tetrazole rings is 1. The highest BCUT2D eigenvalue weighted by atomic mass is 35.5. The molecule has 0 radical (unpaired) electrons. The largest absolute Gasteiger partial charge is 0.492 e.